The van der Waals surface area contributed by atoms with Gasteiger partial charge in [0.05, 0.1) is 5.69 Å². The van der Waals surface area contributed by atoms with Crippen LogP contribution in [0.1, 0.15) is 35.8 Å². The van der Waals surface area contributed by atoms with E-state index in [4.69, 9.17) is 4.42 Å². The fourth-order valence-electron chi connectivity index (χ4n) is 4.20. The van der Waals surface area contributed by atoms with Crippen molar-refractivity contribution in [3.05, 3.63) is 68.6 Å². The molecule has 1 aromatic carbocycles. The summed E-state index contributed by atoms with van der Waals surface area (Å²) in [5.41, 5.74) is 4.03. The molecular weight excluding hydrogens is 386 g/mol. The molecule has 6 heteroatoms. The molecule has 1 aliphatic rings. The fourth-order valence-corrected chi connectivity index (χ4v) is 4.86. The average molecular weight is 405 g/mol. The second-order valence-corrected chi connectivity index (χ2v) is 8.58. The van der Waals surface area contributed by atoms with Gasteiger partial charge in [0.1, 0.15) is 11.1 Å². The lowest BCUT2D eigenvalue weighted by Gasteiger charge is -2.31. The van der Waals surface area contributed by atoms with E-state index in [-0.39, 0.29) is 17.5 Å². The topological polar surface area (TPSA) is 72.4 Å². The minimum absolute atomic E-state index is 0.0496. The van der Waals surface area contributed by atoms with Crippen LogP contribution in [0, 0.1) is 5.92 Å². The smallest absolute Gasteiger partial charge is 0.341 e. The number of pyridine rings is 1. The number of carboxylic acids is 1. The number of carboxylic acid groups (broad SMARTS) is 1. The minimum Gasteiger partial charge on any atom is -0.477 e. The van der Waals surface area contributed by atoms with E-state index in [9.17, 15) is 14.7 Å². The molecule has 1 unspecified atom stereocenters. The van der Waals surface area contributed by atoms with Crippen LogP contribution in [0.25, 0.3) is 33.6 Å². The van der Waals surface area contributed by atoms with E-state index in [1.807, 2.05) is 16.0 Å². The van der Waals surface area contributed by atoms with E-state index < -0.39 is 11.4 Å². The lowest BCUT2D eigenvalue weighted by molar-refractivity contribution is 0.0694. The van der Waals surface area contributed by atoms with Gasteiger partial charge in [-0.05, 0) is 46.4 Å². The van der Waals surface area contributed by atoms with Crippen molar-refractivity contribution in [3.63, 3.8) is 0 Å². The highest BCUT2D eigenvalue weighted by Crippen LogP contribution is 2.43. The summed E-state index contributed by atoms with van der Waals surface area (Å²) in [5, 5.41) is 14.6. The third-order valence-corrected chi connectivity index (χ3v) is 6.41. The van der Waals surface area contributed by atoms with Crippen LogP contribution in [-0.4, -0.2) is 15.6 Å². The maximum Gasteiger partial charge on any atom is 0.341 e. The van der Waals surface area contributed by atoms with Crippen molar-refractivity contribution in [2.24, 2.45) is 5.92 Å². The molecule has 0 bridgehead atoms. The second-order valence-electron chi connectivity index (χ2n) is 7.80. The van der Waals surface area contributed by atoms with Crippen LogP contribution >= 0.6 is 11.3 Å². The second kappa shape index (κ2) is 6.46. The molecule has 5 rings (SSSR count). The van der Waals surface area contributed by atoms with Gasteiger partial charge in [0.15, 0.2) is 11.2 Å². The van der Waals surface area contributed by atoms with E-state index in [1.165, 1.54) is 12.3 Å². The summed E-state index contributed by atoms with van der Waals surface area (Å²) in [5.74, 6) is -0.280. The highest BCUT2D eigenvalue weighted by Gasteiger charge is 2.31. The molecule has 0 spiro atoms. The number of thiophene rings is 1. The molecule has 3 aromatic heterocycles. The Morgan fingerprint density at radius 1 is 1.24 bits per heavy atom. The fraction of sp³-hybridized carbons (Fsp3) is 0.217. The Bertz CT molecular complexity index is 1310. The average Bonchev–Trinajstić information content (AvgIpc) is 3.34. The summed E-state index contributed by atoms with van der Waals surface area (Å²) in [7, 11) is 0. The van der Waals surface area contributed by atoms with Gasteiger partial charge in [0.2, 0.25) is 0 Å². The Labute approximate surface area is 170 Å². The molecule has 146 valence electrons. The zero-order valence-corrected chi connectivity index (χ0v) is 16.8. The molecule has 0 saturated carbocycles. The standard InChI is InChI=1S/C23H19NO4S/c1-12(2)18-8-16-15-4-3-13(14-5-6-29-11-14)7-21(15)28-22(16)19-9-20(25)17(23(26)27)10-24(18)19/h3-7,9-12,18H,8H2,1-2H3,(H,26,27). The number of carbonyl (C=O) groups is 1. The first-order chi connectivity index (χ1) is 13.9. The lowest BCUT2D eigenvalue weighted by Crippen LogP contribution is -2.27. The van der Waals surface area contributed by atoms with Crippen molar-refractivity contribution in [1.29, 1.82) is 0 Å². The van der Waals surface area contributed by atoms with Crippen LogP contribution in [0.5, 0.6) is 0 Å². The van der Waals surface area contributed by atoms with Crippen molar-refractivity contribution in [3.8, 4) is 22.6 Å². The van der Waals surface area contributed by atoms with Crippen LogP contribution in [0.3, 0.4) is 0 Å². The quantitative estimate of drug-likeness (QED) is 0.492. The Morgan fingerprint density at radius 3 is 2.76 bits per heavy atom. The van der Waals surface area contributed by atoms with Gasteiger partial charge >= 0.3 is 5.97 Å². The van der Waals surface area contributed by atoms with E-state index in [0.717, 1.165) is 34.1 Å². The van der Waals surface area contributed by atoms with E-state index >= 15 is 0 Å². The lowest BCUT2D eigenvalue weighted by atomic mass is 9.89. The number of nitrogens with zero attached hydrogens (tertiary/aromatic N) is 1. The minimum atomic E-state index is -1.20. The molecular formula is C23H19NO4S. The number of benzene rings is 1. The van der Waals surface area contributed by atoms with E-state index in [2.05, 4.69) is 37.4 Å². The summed E-state index contributed by atoms with van der Waals surface area (Å²) in [4.78, 5) is 23.9. The van der Waals surface area contributed by atoms with Crippen molar-refractivity contribution in [1.82, 2.24) is 4.57 Å². The molecule has 0 aliphatic carbocycles. The molecule has 0 amide bonds. The van der Waals surface area contributed by atoms with E-state index in [1.54, 1.807) is 11.3 Å². The first-order valence-electron chi connectivity index (χ1n) is 9.52. The van der Waals surface area contributed by atoms with Crippen LogP contribution in [0.2, 0.25) is 0 Å². The van der Waals surface area contributed by atoms with Crippen molar-refractivity contribution in [2.75, 3.05) is 0 Å². The predicted molar refractivity (Wildman–Crippen MR) is 114 cm³/mol. The first-order valence-corrected chi connectivity index (χ1v) is 10.5. The molecule has 4 heterocycles. The predicted octanol–water partition coefficient (Wildman–Crippen LogP) is 5.44. The number of hydrogen-bond acceptors (Lipinski definition) is 4. The van der Waals surface area contributed by atoms with Crippen LogP contribution in [0.4, 0.5) is 0 Å². The Hall–Kier alpha value is -3.12. The van der Waals surface area contributed by atoms with Gasteiger partial charge in [-0.1, -0.05) is 26.0 Å². The first kappa shape index (κ1) is 17.9. The molecule has 0 saturated heterocycles. The Balaban J connectivity index is 1.76. The highest BCUT2D eigenvalue weighted by atomic mass is 32.1. The molecule has 1 N–H and O–H groups in total. The Morgan fingerprint density at radius 2 is 2.07 bits per heavy atom. The van der Waals surface area contributed by atoms with Crippen LogP contribution in [0.15, 0.2) is 56.5 Å². The number of aromatic nitrogens is 1. The SMILES string of the molecule is CC(C)C1Cc2c(oc3cc(-c4ccsc4)ccc23)-c2cc(=O)c(C(=O)O)cn21. The number of hydrogen-bond donors (Lipinski definition) is 1. The van der Waals surface area contributed by atoms with Gasteiger partial charge in [-0.15, -0.1) is 0 Å². The van der Waals surface area contributed by atoms with Crippen molar-refractivity contribution in [2.45, 2.75) is 26.3 Å². The van der Waals surface area contributed by atoms with Crippen LogP contribution < -0.4 is 5.43 Å². The third kappa shape index (κ3) is 2.75. The number of aromatic carboxylic acids is 1. The van der Waals surface area contributed by atoms with Gasteiger partial charge in [-0.2, -0.15) is 11.3 Å². The van der Waals surface area contributed by atoms with Gasteiger partial charge in [-0.25, -0.2) is 4.79 Å². The molecule has 0 fully saturated rings. The zero-order chi connectivity index (χ0) is 20.3. The summed E-state index contributed by atoms with van der Waals surface area (Å²) < 4.78 is 8.14. The molecule has 5 nitrogen and oxygen atoms in total. The monoisotopic (exact) mass is 405 g/mol. The molecule has 4 aromatic rings. The largest absolute Gasteiger partial charge is 0.477 e. The molecule has 1 atom stereocenters. The molecule has 0 radical (unpaired) electrons. The maximum absolute atomic E-state index is 12.4. The number of rotatable bonds is 3. The normalized spacial score (nSPS) is 15.5. The van der Waals surface area contributed by atoms with Gasteiger partial charge < -0.3 is 14.1 Å². The Kier molecular flexibility index (Phi) is 3.99. The number of fused-ring (bicyclic) bond motifs is 5. The van der Waals surface area contributed by atoms with Crippen molar-refractivity contribution >= 4 is 28.3 Å². The van der Waals surface area contributed by atoms with Gasteiger partial charge in [-0.3, -0.25) is 4.79 Å². The molecule has 1 aliphatic heterocycles. The summed E-state index contributed by atoms with van der Waals surface area (Å²) in [6.45, 7) is 4.21. The van der Waals surface area contributed by atoms with Crippen LogP contribution in [-0.2, 0) is 6.42 Å². The van der Waals surface area contributed by atoms with Crippen molar-refractivity contribution < 1.29 is 14.3 Å². The zero-order valence-electron chi connectivity index (χ0n) is 16.0. The number of furan rings is 1. The third-order valence-electron chi connectivity index (χ3n) is 5.73. The summed E-state index contributed by atoms with van der Waals surface area (Å²) >= 11 is 1.65. The summed E-state index contributed by atoms with van der Waals surface area (Å²) in [6, 6.07) is 9.74. The van der Waals surface area contributed by atoms with E-state index in [0.29, 0.717) is 11.5 Å². The highest BCUT2D eigenvalue weighted by molar-refractivity contribution is 7.08. The molecule has 29 heavy (non-hydrogen) atoms. The maximum atomic E-state index is 12.4. The van der Waals surface area contributed by atoms with Gasteiger partial charge in [0.25, 0.3) is 0 Å². The van der Waals surface area contributed by atoms with Gasteiger partial charge in [0, 0.05) is 29.3 Å². The summed E-state index contributed by atoms with van der Waals surface area (Å²) in [6.07, 6.45) is 2.20.